The highest BCUT2D eigenvalue weighted by Crippen LogP contribution is 2.44. The van der Waals surface area contributed by atoms with E-state index in [2.05, 4.69) is 32.6 Å². The average Bonchev–Trinajstić information content (AvgIpc) is 3.45. The van der Waals surface area contributed by atoms with Crippen molar-refractivity contribution in [3.05, 3.63) is 65.5 Å². The topological polar surface area (TPSA) is 138 Å². The number of aliphatic carboxylic acids is 1. The van der Waals surface area contributed by atoms with E-state index in [1.165, 1.54) is 4.90 Å². The fourth-order valence-corrected chi connectivity index (χ4v) is 4.88. The number of benzene rings is 2. The molecule has 0 saturated carbocycles. The zero-order chi connectivity index (χ0) is 24.6. The predicted octanol–water partition coefficient (Wildman–Crippen LogP) is 3.49. The lowest BCUT2D eigenvalue weighted by molar-refractivity contribution is -0.150. The van der Waals surface area contributed by atoms with E-state index in [0.717, 1.165) is 22.3 Å². The summed E-state index contributed by atoms with van der Waals surface area (Å²) < 4.78 is 5.48. The first kappa shape index (κ1) is 22.6. The molecular weight excluding hydrogens is 450 g/mol. The van der Waals surface area contributed by atoms with Gasteiger partial charge in [-0.15, -0.1) is 5.10 Å². The van der Waals surface area contributed by atoms with Gasteiger partial charge in [0, 0.05) is 19.0 Å². The number of aromatic nitrogens is 3. The maximum absolute atomic E-state index is 12.8. The Morgan fingerprint density at radius 1 is 1.14 bits per heavy atom. The number of piperidine rings is 1. The summed E-state index contributed by atoms with van der Waals surface area (Å²) in [5.74, 6) is -1.66. The Bertz CT molecular complexity index is 1260. The van der Waals surface area contributed by atoms with Crippen molar-refractivity contribution in [2.45, 2.75) is 25.7 Å². The summed E-state index contributed by atoms with van der Waals surface area (Å²) in [6, 6.07) is 16.1. The molecule has 2 aromatic carbocycles. The summed E-state index contributed by atoms with van der Waals surface area (Å²) in [4.78, 5) is 42.3. The second kappa shape index (κ2) is 8.86. The molecule has 3 N–H and O–H groups in total. The first-order valence-corrected chi connectivity index (χ1v) is 11.4. The monoisotopic (exact) mass is 475 g/mol. The number of hydrogen-bond acceptors (Lipinski definition) is 6. The number of H-pyrrole nitrogens is 1. The number of anilines is 1. The molecule has 3 aromatic rings. The number of aromatic amines is 1. The molecule has 2 heterocycles. The number of likely N-dealkylation sites (tertiary alicyclic amines) is 1. The lowest BCUT2D eigenvalue weighted by Crippen LogP contribution is -2.48. The number of carboxylic acids is 1. The van der Waals surface area contributed by atoms with E-state index in [-0.39, 0.29) is 30.8 Å². The van der Waals surface area contributed by atoms with E-state index in [4.69, 9.17) is 4.74 Å². The maximum atomic E-state index is 12.8. The third-order valence-electron chi connectivity index (χ3n) is 6.75. The van der Waals surface area contributed by atoms with Gasteiger partial charge in [-0.3, -0.25) is 20.0 Å². The molecule has 1 aliphatic carbocycles. The van der Waals surface area contributed by atoms with Crippen LogP contribution in [0.5, 0.6) is 0 Å². The molecule has 35 heavy (non-hydrogen) atoms. The van der Waals surface area contributed by atoms with E-state index in [0.29, 0.717) is 19.4 Å². The Morgan fingerprint density at radius 3 is 2.46 bits per heavy atom. The Labute approximate surface area is 201 Å². The SMILES string of the molecule is CC1(C(=O)O)CCCN(C(=O)c2nc(NC(=O)OCC3c4ccccc4-c4ccccc43)n[nH]2)C1. The molecule has 1 fully saturated rings. The molecule has 1 atom stereocenters. The number of nitrogens with one attached hydrogen (secondary N) is 2. The van der Waals surface area contributed by atoms with Crippen molar-refractivity contribution in [1.82, 2.24) is 20.1 Å². The summed E-state index contributed by atoms with van der Waals surface area (Å²) in [6.07, 6.45) is 0.339. The number of carboxylic acid groups (broad SMARTS) is 1. The Hall–Kier alpha value is -4.21. The smallest absolute Gasteiger partial charge is 0.414 e. The number of nitrogens with zero attached hydrogens (tertiary/aromatic N) is 3. The number of carbonyl (C=O) groups is 3. The Morgan fingerprint density at radius 2 is 1.80 bits per heavy atom. The van der Waals surface area contributed by atoms with Crippen molar-refractivity contribution in [2.75, 3.05) is 25.0 Å². The van der Waals surface area contributed by atoms with Crippen LogP contribution in [0.3, 0.4) is 0 Å². The lowest BCUT2D eigenvalue weighted by atomic mass is 9.82. The molecule has 2 aliphatic rings. The van der Waals surface area contributed by atoms with Crippen LogP contribution < -0.4 is 5.32 Å². The molecule has 10 nitrogen and oxygen atoms in total. The maximum Gasteiger partial charge on any atom is 0.414 e. The quantitative estimate of drug-likeness (QED) is 0.514. The van der Waals surface area contributed by atoms with Gasteiger partial charge in [0.15, 0.2) is 0 Å². The van der Waals surface area contributed by atoms with Crippen LogP contribution in [0.25, 0.3) is 11.1 Å². The minimum atomic E-state index is -1.00. The molecule has 0 spiro atoms. The summed E-state index contributed by atoms with van der Waals surface area (Å²) in [5, 5.41) is 18.3. The minimum absolute atomic E-state index is 0.0754. The van der Waals surface area contributed by atoms with Crippen LogP contribution in [-0.2, 0) is 9.53 Å². The van der Waals surface area contributed by atoms with Gasteiger partial charge in [-0.05, 0) is 42.0 Å². The molecule has 1 saturated heterocycles. The van der Waals surface area contributed by atoms with Crippen LogP contribution in [0, 0.1) is 5.41 Å². The van der Waals surface area contributed by atoms with E-state index >= 15 is 0 Å². The standard InChI is InChI=1S/C25H25N5O5/c1-25(22(32)33)11-6-12-30(14-25)21(31)20-26-23(29-28-20)27-24(34)35-13-19-17-9-4-2-7-15(17)16-8-3-5-10-18(16)19/h2-5,7-10,19H,6,11-14H2,1H3,(H,32,33)(H2,26,27,28,29,34). The summed E-state index contributed by atoms with van der Waals surface area (Å²) in [7, 11) is 0. The molecule has 10 heteroatoms. The molecule has 180 valence electrons. The van der Waals surface area contributed by atoms with Gasteiger partial charge in [0.25, 0.3) is 11.9 Å². The lowest BCUT2D eigenvalue weighted by Gasteiger charge is -2.36. The fourth-order valence-electron chi connectivity index (χ4n) is 4.88. The number of amides is 2. The first-order valence-electron chi connectivity index (χ1n) is 11.4. The van der Waals surface area contributed by atoms with E-state index < -0.39 is 23.4 Å². The molecule has 0 bridgehead atoms. The Balaban J connectivity index is 1.21. The van der Waals surface area contributed by atoms with E-state index in [1.807, 2.05) is 36.4 Å². The van der Waals surface area contributed by atoms with Crippen LogP contribution in [0.1, 0.15) is 47.4 Å². The average molecular weight is 476 g/mol. The van der Waals surface area contributed by atoms with Gasteiger partial charge in [-0.2, -0.15) is 4.98 Å². The van der Waals surface area contributed by atoms with Crippen LogP contribution in [0.4, 0.5) is 10.7 Å². The minimum Gasteiger partial charge on any atom is -0.481 e. The van der Waals surface area contributed by atoms with Crippen molar-refractivity contribution < 1.29 is 24.2 Å². The highest BCUT2D eigenvalue weighted by molar-refractivity contribution is 5.92. The van der Waals surface area contributed by atoms with Gasteiger partial charge in [0.05, 0.1) is 5.41 Å². The van der Waals surface area contributed by atoms with E-state index in [9.17, 15) is 19.5 Å². The molecule has 1 aromatic heterocycles. The van der Waals surface area contributed by atoms with Gasteiger partial charge < -0.3 is 14.7 Å². The third-order valence-corrected chi connectivity index (χ3v) is 6.75. The number of ether oxygens (including phenoxy) is 1. The molecular formula is C25H25N5O5. The van der Waals surface area contributed by atoms with Crippen LogP contribution >= 0.6 is 0 Å². The molecule has 0 radical (unpaired) electrons. The van der Waals surface area contributed by atoms with Crippen molar-refractivity contribution in [3.8, 4) is 11.1 Å². The van der Waals surface area contributed by atoms with Gasteiger partial charge in [-0.25, -0.2) is 4.79 Å². The largest absolute Gasteiger partial charge is 0.481 e. The molecule has 5 rings (SSSR count). The Kier molecular flexibility index (Phi) is 5.72. The van der Waals surface area contributed by atoms with E-state index in [1.54, 1.807) is 6.92 Å². The van der Waals surface area contributed by atoms with Gasteiger partial charge in [0.2, 0.25) is 5.82 Å². The number of rotatable bonds is 5. The van der Waals surface area contributed by atoms with Gasteiger partial charge in [0.1, 0.15) is 6.61 Å². The summed E-state index contributed by atoms with van der Waals surface area (Å²) >= 11 is 0. The molecule has 1 unspecified atom stereocenters. The van der Waals surface area contributed by atoms with Crippen molar-refractivity contribution >= 4 is 23.9 Å². The number of hydrogen-bond donors (Lipinski definition) is 3. The van der Waals surface area contributed by atoms with Gasteiger partial charge in [-0.1, -0.05) is 48.5 Å². The third kappa shape index (κ3) is 4.23. The number of carbonyl (C=O) groups excluding carboxylic acids is 2. The highest BCUT2D eigenvalue weighted by atomic mass is 16.5. The summed E-state index contributed by atoms with van der Waals surface area (Å²) in [6.45, 7) is 2.27. The van der Waals surface area contributed by atoms with Crippen molar-refractivity contribution in [3.63, 3.8) is 0 Å². The van der Waals surface area contributed by atoms with Crippen LogP contribution in [-0.4, -0.2) is 62.9 Å². The normalized spacial score (nSPS) is 19.1. The van der Waals surface area contributed by atoms with Crippen molar-refractivity contribution in [1.29, 1.82) is 0 Å². The molecule has 2 amide bonds. The van der Waals surface area contributed by atoms with Crippen LogP contribution in [0.2, 0.25) is 0 Å². The van der Waals surface area contributed by atoms with Crippen molar-refractivity contribution in [2.24, 2.45) is 5.41 Å². The first-order chi connectivity index (χ1) is 16.9. The number of fused-ring (bicyclic) bond motifs is 3. The second-order valence-corrected chi connectivity index (χ2v) is 9.15. The zero-order valence-electron chi connectivity index (χ0n) is 19.2. The summed E-state index contributed by atoms with van der Waals surface area (Å²) in [5.41, 5.74) is 3.46. The highest BCUT2D eigenvalue weighted by Gasteiger charge is 2.40. The fraction of sp³-hybridized carbons (Fsp3) is 0.320. The second-order valence-electron chi connectivity index (χ2n) is 9.15. The van der Waals surface area contributed by atoms with Gasteiger partial charge >= 0.3 is 12.1 Å². The molecule has 1 aliphatic heterocycles. The van der Waals surface area contributed by atoms with Crippen LogP contribution in [0.15, 0.2) is 48.5 Å². The predicted molar refractivity (Wildman–Crippen MR) is 126 cm³/mol. The zero-order valence-corrected chi connectivity index (χ0v) is 19.2.